The van der Waals surface area contributed by atoms with Crippen molar-refractivity contribution in [2.75, 3.05) is 42.0 Å². The number of amides is 1. The topological polar surface area (TPSA) is 81.0 Å². The fraction of sp³-hybridized carbons (Fsp3) is 0.417. The van der Waals surface area contributed by atoms with Crippen LogP contribution in [-0.4, -0.2) is 52.8 Å². The number of rotatable bonds is 10. The molecule has 31 heavy (non-hydrogen) atoms. The summed E-state index contributed by atoms with van der Waals surface area (Å²) in [5, 5.41) is 10.1. The molecule has 0 heterocycles. The number of hydrogen-bond acceptors (Lipinski definition) is 6. The maximum Gasteiger partial charge on any atom is 0.219 e. The molecular weight excluding hydrogens is 396 g/mol. The van der Waals surface area contributed by atoms with Crippen molar-refractivity contribution < 1.29 is 23.7 Å². The maximum absolute atomic E-state index is 11.6. The van der Waals surface area contributed by atoms with E-state index in [9.17, 15) is 10.1 Å². The van der Waals surface area contributed by atoms with Crippen LogP contribution in [0.25, 0.3) is 0 Å². The lowest BCUT2D eigenvalue weighted by molar-refractivity contribution is -0.127. The summed E-state index contributed by atoms with van der Waals surface area (Å²) in [6.07, 6.45) is 1.01. The van der Waals surface area contributed by atoms with Crippen molar-refractivity contribution in [3.05, 3.63) is 47.0 Å². The molecule has 166 valence electrons. The average Bonchev–Trinajstić information content (AvgIpc) is 2.79. The highest BCUT2D eigenvalue weighted by molar-refractivity contribution is 5.72. The van der Waals surface area contributed by atoms with Crippen LogP contribution in [0.4, 0.5) is 0 Å². The second-order valence-corrected chi connectivity index (χ2v) is 7.14. The first kappa shape index (κ1) is 23.9. The van der Waals surface area contributed by atoms with Gasteiger partial charge in [-0.05, 0) is 47.7 Å². The number of nitrogens with zero attached hydrogens (tertiary/aromatic N) is 2. The van der Waals surface area contributed by atoms with Gasteiger partial charge in [-0.1, -0.05) is 12.1 Å². The molecule has 2 aromatic carbocycles. The minimum atomic E-state index is -0.460. The molecular formula is C24H30N2O5. The minimum Gasteiger partial charge on any atom is -0.493 e. The number of likely N-dealkylation sites (N-methyl/N-ethyl adjacent to an activating group) is 1. The zero-order chi connectivity index (χ0) is 23.0. The summed E-state index contributed by atoms with van der Waals surface area (Å²) in [5.74, 6) is 1.90. The fourth-order valence-corrected chi connectivity index (χ4v) is 3.48. The van der Waals surface area contributed by atoms with Gasteiger partial charge in [0.05, 0.1) is 40.4 Å². The van der Waals surface area contributed by atoms with Crippen LogP contribution < -0.4 is 18.9 Å². The summed E-state index contributed by atoms with van der Waals surface area (Å²) < 4.78 is 21.9. The normalized spacial score (nSPS) is 11.3. The van der Waals surface area contributed by atoms with Crippen LogP contribution in [0.5, 0.6) is 23.0 Å². The first-order chi connectivity index (χ1) is 14.9. The Morgan fingerprint density at radius 3 is 2.19 bits per heavy atom. The van der Waals surface area contributed by atoms with Gasteiger partial charge in [-0.3, -0.25) is 4.79 Å². The highest BCUT2D eigenvalue weighted by atomic mass is 16.5. The second kappa shape index (κ2) is 11.1. The summed E-state index contributed by atoms with van der Waals surface area (Å²) in [7, 11) is 8.07. The zero-order valence-electron chi connectivity index (χ0n) is 19.0. The van der Waals surface area contributed by atoms with E-state index in [-0.39, 0.29) is 5.91 Å². The van der Waals surface area contributed by atoms with Crippen LogP contribution in [0.2, 0.25) is 0 Å². The Balaban J connectivity index is 2.49. The summed E-state index contributed by atoms with van der Waals surface area (Å²) in [4.78, 5) is 13.3. The smallest absolute Gasteiger partial charge is 0.219 e. The van der Waals surface area contributed by atoms with Gasteiger partial charge in [0.25, 0.3) is 0 Å². The molecule has 0 aliphatic rings. The summed E-state index contributed by atoms with van der Waals surface area (Å²) in [6, 6.07) is 11.8. The molecule has 0 radical (unpaired) electrons. The standard InChI is InChI=1S/C24H30N2O5/c1-16(27)26(2)11-10-17-13-22(29-4)23(30-5)14-20(17)19(15-25)12-18-8-7-9-21(28-3)24(18)31-6/h7-9,13-14,19H,10-12H2,1-6H3. The number of benzene rings is 2. The molecule has 2 aromatic rings. The SMILES string of the molecule is COc1cc(CCN(C)C(C)=O)c(C(C#N)Cc2cccc(OC)c2OC)cc1OC. The number of ether oxygens (including phenoxy) is 4. The number of carbonyl (C=O) groups excluding carboxylic acids is 1. The Morgan fingerprint density at radius 2 is 1.65 bits per heavy atom. The van der Waals surface area contributed by atoms with Gasteiger partial charge in [0.2, 0.25) is 5.91 Å². The molecule has 1 atom stereocenters. The van der Waals surface area contributed by atoms with E-state index < -0.39 is 5.92 Å². The van der Waals surface area contributed by atoms with E-state index in [4.69, 9.17) is 18.9 Å². The second-order valence-electron chi connectivity index (χ2n) is 7.14. The Bertz CT molecular complexity index is 952. The van der Waals surface area contributed by atoms with Crippen molar-refractivity contribution >= 4 is 5.91 Å². The lowest BCUT2D eigenvalue weighted by Crippen LogP contribution is -2.26. The molecule has 0 aromatic heterocycles. The quantitative estimate of drug-likeness (QED) is 0.578. The van der Waals surface area contributed by atoms with Gasteiger partial charge in [0.1, 0.15) is 0 Å². The van der Waals surface area contributed by atoms with E-state index in [1.807, 2.05) is 30.3 Å². The average molecular weight is 427 g/mol. The molecule has 0 saturated heterocycles. The first-order valence-corrected chi connectivity index (χ1v) is 9.96. The first-order valence-electron chi connectivity index (χ1n) is 9.96. The van der Waals surface area contributed by atoms with Gasteiger partial charge in [-0.25, -0.2) is 0 Å². The van der Waals surface area contributed by atoms with Gasteiger partial charge in [-0.15, -0.1) is 0 Å². The van der Waals surface area contributed by atoms with Crippen LogP contribution in [0.1, 0.15) is 29.5 Å². The lowest BCUT2D eigenvalue weighted by Gasteiger charge is -2.21. The summed E-state index contributed by atoms with van der Waals surface area (Å²) in [6.45, 7) is 2.06. The van der Waals surface area contributed by atoms with Crippen LogP contribution in [0.15, 0.2) is 30.3 Å². The van der Waals surface area contributed by atoms with Crippen molar-refractivity contribution in [2.24, 2.45) is 0 Å². The molecule has 0 fully saturated rings. The molecule has 0 aliphatic heterocycles. The predicted molar refractivity (Wildman–Crippen MR) is 118 cm³/mol. The lowest BCUT2D eigenvalue weighted by atomic mass is 9.88. The third-order valence-electron chi connectivity index (χ3n) is 5.34. The van der Waals surface area contributed by atoms with Crippen LogP contribution in [0, 0.1) is 11.3 Å². The largest absolute Gasteiger partial charge is 0.493 e. The third-order valence-corrected chi connectivity index (χ3v) is 5.34. The molecule has 7 nitrogen and oxygen atoms in total. The zero-order valence-corrected chi connectivity index (χ0v) is 19.0. The van der Waals surface area contributed by atoms with Crippen LogP contribution in [0.3, 0.4) is 0 Å². The van der Waals surface area contributed by atoms with Crippen LogP contribution >= 0.6 is 0 Å². The molecule has 0 spiro atoms. The van der Waals surface area contributed by atoms with E-state index in [2.05, 4.69) is 6.07 Å². The third kappa shape index (κ3) is 5.60. The number of nitriles is 1. The summed E-state index contributed by atoms with van der Waals surface area (Å²) in [5.41, 5.74) is 2.64. The summed E-state index contributed by atoms with van der Waals surface area (Å²) >= 11 is 0. The Morgan fingerprint density at radius 1 is 1.00 bits per heavy atom. The number of para-hydroxylation sites is 1. The Hall–Kier alpha value is -3.40. The van der Waals surface area contributed by atoms with E-state index >= 15 is 0 Å². The number of methoxy groups -OCH3 is 4. The van der Waals surface area contributed by atoms with E-state index in [1.54, 1.807) is 40.4 Å². The van der Waals surface area contributed by atoms with Crippen molar-refractivity contribution in [2.45, 2.75) is 25.7 Å². The van der Waals surface area contributed by atoms with Crippen molar-refractivity contribution in [3.63, 3.8) is 0 Å². The minimum absolute atomic E-state index is 0.0139. The monoisotopic (exact) mass is 426 g/mol. The molecule has 1 amide bonds. The molecule has 0 aliphatic carbocycles. The van der Waals surface area contributed by atoms with Crippen molar-refractivity contribution in [1.82, 2.24) is 4.90 Å². The molecule has 0 saturated carbocycles. The maximum atomic E-state index is 11.6. The van der Waals surface area contributed by atoms with Gasteiger partial charge in [-0.2, -0.15) is 5.26 Å². The molecule has 1 unspecified atom stereocenters. The van der Waals surface area contributed by atoms with Gasteiger partial charge in [0.15, 0.2) is 23.0 Å². The molecule has 0 N–H and O–H groups in total. The fourth-order valence-electron chi connectivity index (χ4n) is 3.48. The van der Waals surface area contributed by atoms with E-state index in [1.165, 1.54) is 6.92 Å². The van der Waals surface area contributed by atoms with Gasteiger partial charge < -0.3 is 23.8 Å². The van der Waals surface area contributed by atoms with E-state index in [0.29, 0.717) is 42.4 Å². The van der Waals surface area contributed by atoms with E-state index in [0.717, 1.165) is 16.7 Å². The van der Waals surface area contributed by atoms with Gasteiger partial charge >= 0.3 is 0 Å². The van der Waals surface area contributed by atoms with Crippen molar-refractivity contribution in [1.29, 1.82) is 5.26 Å². The van der Waals surface area contributed by atoms with Gasteiger partial charge in [0, 0.05) is 20.5 Å². The predicted octanol–water partition coefficient (Wildman–Crippen LogP) is 3.59. The highest BCUT2D eigenvalue weighted by Crippen LogP contribution is 2.38. The molecule has 2 rings (SSSR count). The Labute approximate surface area is 184 Å². The van der Waals surface area contributed by atoms with Crippen molar-refractivity contribution in [3.8, 4) is 29.1 Å². The van der Waals surface area contributed by atoms with Crippen LogP contribution in [-0.2, 0) is 17.6 Å². The number of carbonyl (C=O) groups is 1. The number of hydrogen-bond donors (Lipinski definition) is 0. The Kier molecular flexibility index (Phi) is 8.56. The molecule has 7 heteroatoms. The highest BCUT2D eigenvalue weighted by Gasteiger charge is 2.22. The molecule has 0 bridgehead atoms.